The Bertz CT molecular complexity index is 1150. The quantitative estimate of drug-likeness (QED) is 0.139. The summed E-state index contributed by atoms with van der Waals surface area (Å²) in [6.07, 6.45) is 4.30. The number of ether oxygens (including phenoxy) is 1. The van der Waals surface area contributed by atoms with E-state index in [1.807, 2.05) is 76.4 Å². The second-order valence-corrected chi connectivity index (χ2v) is 9.16. The van der Waals surface area contributed by atoms with Gasteiger partial charge < -0.3 is 14.8 Å². The van der Waals surface area contributed by atoms with Crippen LogP contribution >= 0.6 is 0 Å². The van der Waals surface area contributed by atoms with Crippen molar-refractivity contribution >= 4 is 5.78 Å². The minimum absolute atomic E-state index is 0. The van der Waals surface area contributed by atoms with Crippen LogP contribution in [0.25, 0.3) is 22.4 Å². The summed E-state index contributed by atoms with van der Waals surface area (Å²) in [6, 6.07) is 19.2. The first kappa shape index (κ1) is 27.5. The number of fused-ring (bicyclic) bond motifs is 5. The first-order valence-corrected chi connectivity index (χ1v) is 11.4. The summed E-state index contributed by atoms with van der Waals surface area (Å²) in [5, 5.41) is 9.34. The molecule has 0 saturated carbocycles. The minimum Gasteiger partial charge on any atom is -0.512 e. The van der Waals surface area contributed by atoms with Gasteiger partial charge in [-0.2, -0.15) is 0 Å². The van der Waals surface area contributed by atoms with Crippen LogP contribution in [0.1, 0.15) is 46.1 Å². The van der Waals surface area contributed by atoms with Gasteiger partial charge in [0, 0.05) is 56.5 Å². The molecule has 5 heteroatoms. The van der Waals surface area contributed by atoms with Crippen LogP contribution in [0.2, 0.25) is 0 Å². The molecule has 2 aromatic carbocycles. The molecule has 0 unspecified atom stereocenters. The number of carbonyl (C=O) groups is 1. The fourth-order valence-electron chi connectivity index (χ4n) is 3.78. The zero-order chi connectivity index (χ0) is 24.0. The van der Waals surface area contributed by atoms with Crippen LogP contribution in [0.4, 0.5) is 0 Å². The van der Waals surface area contributed by atoms with E-state index in [2.05, 4.69) is 24.0 Å². The van der Waals surface area contributed by atoms with Gasteiger partial charge in [-0.1, -0.05) is 51.5 Å². The second kappa shape index (κ2) is 12.6. The predicted octanol–water partition coefficient (Wildman–Crippen LogP) is 7.72. The average molecular weight is 635 g/mol. The number of benzene rings is 2. The summed E-state index contributed by atoms with van der Waals surface area (Å²) in [7, 11) is 0. The Morgan fingerprint density at radius 2 is 1.71 bits per heavy atom. The van der Waals surface area contributed by atoms with Crippen molar-refractivity contribution in [2.75, 3.05) is 0 Å². The van der Waals surface area contributed by atoms with Crippen molar-refractivity contribution in [2.24, 2.45) is 11.8 Å². The molecule has 0 spiro atoms. The van der Waals surface area contributed by atoms with Crippen molar-refractivity contribution in [1.29, 1.82) is 0 Å². The van der Waals surface area contributed by atoms with E-state index in [1.165, 1.54) is 11.6 Å². The largest absolute Gasteiger partial charge is 0.512 e. The van der Waals surface area contributed by atoms with Crippen molar-refractivity contribution in [1.82, 2.24) is 4.98 Å². The molecular weight excluding hydrogens is 603 g/mol. The summed E-state index contributed by atoms with van der Waals surface area (Å²) in [4.78, 5) is 15.8. The number of aliphatic hydroxyl groups is 1. The van der Waals surface area contributed by atoms with Gasteiger partial charge in [-0.3, -0.25) is 4.79 Å². The van der Waals surface area contributed by atoms with E-state index in [9.17, 15) is 9.90 Å². The Labute approximate surface area is 216 Å². The van der Waals surface area contributed by atoms with Crippen LogP contribution in [-0.2, 0) is 24.9 Å². The van der Waals surface area contributed by atoms with E-state index in [-0.39, 0.29) is 31.6 Å². The third kappa shape index (κ3) is 7.12. The van der Waals surface area contributed by atoms with Crippen molar-refractivity contribution in [3.8, 4) is 33.9 Å². The van der Waals surface area contributed by atoms with E-state index in [4.69, 9.17) is 4.74 Å². The predicted molar refractivity (Wildman–Crippen MR) is 133 cm³/mol. The molecule has 1 N–H and O–H groups in total. The molecule has 0 aliphatic carbocycles. The first-order valence-electron chi connectivity index (χ1n) is 11.4. The number of aryl methyl sites for hydroxylation is 1. The Balaban J connectivity index is 0.000000258. The van der Waals surface area contributed by atoms with Crippen LogP contribution in [0, 0.1) is 24.8 Å². The van der Waals surface area contributed by atoms with Gasteiger partial charge >= 0.3 is 0 Å². The van der Waals surface area contributed by atoms with E-state index < -0.39 is 0 Å². The molecule has 0 saturated heterocycles. The van der Waals surface area contributed by atoms with Crippen molar-refractivity contribution in [3.63, 3.8) is 0 Å². The van der Waals surface area contributed by atoms with Gasteiger partial charge in [0.1, 0.15) is 5.75 Å². The Morgan fingerprint density at radius 1 is 1.03 bits per heavy atom. The molecule has 4 nitrogen and oxygen atoms in total. The van der Waals surface area contributed by atoms with Gasteiger partial charge in [0.15, 0.2) is 5.78 Å². The summed E-state index contributed by atoms with van der Waals surface area (Å²) >= 11 is 0. The number of carbonyl (C=O) groups excluding carboxylic acids is 1. The summed E-state index contributed by atoms with van der Waals surface area (Å²) in [5.41, 5.74) is 5.26. The number of allylic oxidation sites excluding steroid dienone is 2. The first-order chi connectivity index (χ1) is 15.8. The fourth-order valence-corrected chi connectivity index (χ4v) is 3.78. The number of pyridine rings is 1. The van der Waals surface area contributed by atoms with Crippen molar-refractivity contribution in [2.45, 2.75) is 47.5 Å². The Kier molecular flexibility index (Phi) is 10.2. The second-order valence-electron chi connectivity index (χ2n) is 9.16. The number of nitrogens with zero attached hydrogens (tertiary/aromatic N) is 1. The van der Waals surface area contributed by atoms with Gasteiger partial charge in [0.05, 0.1) is 5.76 Å². The number of aliphatic hydroxyl groups excluding tert-OH is 1. The maximum Gasteiger partial charge on any atom is 0.159 e. The third-order valence-corrected chi connectivity index (χ3v) is 5.14. The normalized spacial score (nSPS) is 11.7. The number of hydrogen-bond donors (Lipinski definition) is 1. The number of aromatic nitrogens is 1. The topological polar surface area (TPSA) is 59.4 Å². The van der Waals surface area contributed by atoms with Crippen molar-refractivity contribution in [3.05, 3.63) is 78.2 Å². The molecule has 34 heavy (non-hydrogen) atoms. The molecule has 181 valence electrons. The van der Waals surface area contributed by atoms with Crippen LogP contribution in [0.3, 0.4) is 0 Å². The third-order valence-electron chi connectivity index (χ3n) is 5.14. The fraction of sp³-hybridized carbons (Fsp3) is 0.310. The molecule has 0 fully saturated rings. The Hall–Kier alpha value is -2.75. The average Bonchev–Trinajstić information content (AvgIpc) is 2.88. The molecule has 1 radical (unpaired) electrons. The molecule has 0 atom stereocenters. The molecule has 1 aromatic heterocycles. The molecule has 1 aliphatic heterocycles. The molecule has 4 rings (SSSR count). The Morgan fingerprint density at radius 3 is 2.41 bits per heavy atom. The standard InChI is InChI=1S/C18H12NO.C11H20O2.Ir/c1-12-10-11-19-18-14-7-3-5-9-16(14)20-15-8-4-2-6-13(15)17(12)18;1-8(2)5-10(12)7-11(13)6-9(3)4;/h2-6,8-11H,1H3;7-9,12H,5-6H2,1-4H3;/q-1;;. The van der Waals surface area contributed by atoms with E-state index in [1.54, 1.807) is 0 Å². The van der Waals surface area contributed by atoms with Gasteiger partial charge in [-0.15, -0.1) is 24.3 Å². The summed E-state index contributed by atoms with van der Waals surface area (Å²) < 4.78 is 6.07. The monoisotopic (exact) mass is 635 g/mol. The number of ketones is 1. The molecule has 1 aliphatic rings. The summed E-state index contributed by atoms with van der Waals surface area (Å²) in [6.45, 7) is 10.1. The molecule has 2 heterocycles. The minimum atomic E-state index is 0. The van der Waals surface area contributed by atoms with E-state index >= 15 is 0 Å². The van der Waals surface area contributed by atoms with Crippen LogP contribution in [0.15, 0.2) is 66.6 Å². The van der Waals surface area contributed by atoms with Gasteiger partial charge in [-0.25, -0.2) is 0 Å². The van der Waals surface area contributed by atoms with Crippen LogP contribution in [-0.4, -0.2) is 15.9 Å². The molecule has 0 amide bonds. The SMILES string of the molecule is CC(C)CC(=O)C=C(O)CC(C)C.Cc1ccnc2c1-c1ccccc1Oc1ccc[c-]c1-2.[Ir]. The molecule has 3 aromatic rings. The van der Waals surface area contributed by atoms with Crippen LogP contribution in [0.5, 0.6) is 11.5 Å². The number of rotatable bonds is 5. The number of para-hydroxylation sites is 1. The summed E-state index contributed by atoms with van der Waals surface area (Å²) in [5.74, 6) is 2.65. The van der Waals surface area contributed by atoms with Crippen LogP contribution < -0.4 is 4.74 Å². The van der Waals surface area contributed by atoms with Gasteiger partial charge in [0.2, 0.25) is 0 Å². The smallest absolute Gasteiger partial charge is 0.159 e. The zero-order valence-corrected chi connectivity index (χ0v) is 22.8. The number of hydrogen-bond acceptors (Lipinski definition) is 4. The van der Waals surface area contributed by atoms with E-state index in [0.717, 1.165) is 33.9 Å². The molecular formula is C29H32IrNO3-. The molecule has 0 bridgehead atoms. The zero-order valence-electron chi connectivity index (χ0n) is 20.4. The maximum absolute atomic E-state index is 11.2. The van der Waals surface area contributed by atoms with Gasteiger partial charge in [-0.05, 0) is 47.7 Å². The van der Waals surface area contributed by atoms with Gasteiger partial charge in [0.25, 0.3) is 0 Å². The van der Waals surface area contributed by atoms with Crippen molar-refractivity contribution < 1.29 is 34.7 Å². The maximum atomic E-state index is 11.2. The van der Waals surface area contributed by atoms with E-state index in [0.29, 0.717) is 24.7 Å².